The van der Waals surface area contributed by atoms with Gasteiger partial charge < -0.3 is 8.85 Å². The molecule has 0 heterocycles. The molecule has 2 nitrogen and oxygen atoms in total. The Labute approximate surface area is 93.8 Å². The van der Waals surface area contributed by atoms with Crippen LogP contribution in [0, 0.1) is 5.92 Å². The summed E-state index contributed by atoms with van der Waals surface area (Å²) in [5.74, 6) is 0.791. The SMILES string of the molecule is CO[SiH](OC)C1=C(C2CCCC2)C=CC1. The second kappa shape index (κ2) is 5.10. The number of hydrogen-bond acceptors (Lipinski definition) is 2. The fraction of sp³-hybridized carbons (Fsp3) is 0.667. The van der Waals surface area contributed by atoms with E-state index in [0.29, 0.717) is 0 Å². The van der Waals surface area contributed by atoms with Gasteiger partial charge in [0.2, 0.25) is 0 Å². The van der Waals surface area contributed by atoms with Crippen molar-refractivity contribution < 1.29 is 8.85 Å². The van der Waals surface area contributed by atoms with Crippen molar-refractivity contribution in [3.05, 3.63) is 22.9 Å². The highest BCUT2D eigenvalue weighted by molar-refractivity contribution is 6.54. The second-order valence-electron chi connectivity index (χ2n) is 4.37. The lowest BCUT2D eigenvalue weighted by atomic mass is 9.99. The first-order chi connectivity index (χ1) is 7.36. The zero-order valence-corrected chi connectivity index (χ0v) is 10.8. The largest absolute Gasteiger partial charge is 0.397 e. The predicted octanol–water partition coefficient (Wildman–Crippen LogP) is 2.49. The zero-order chi connectivity index (χ0) is 10.7. The minimum atomic E-state index is -1.54. The average molecular weight is 224 g/mol. The third-order valence-electron chi connectivity index (χ3n) is 3.51. The van der Waals surface area contributed by atoms with Crippen LogP contribution in [0.4, 0.5) is 0 Å². The molecule has 0 saturated heterocycles. The molecule has 0 radical (unpaired) electrons. The Bertz CT molecular complexity index is 273. The maximum absolute atomic E-state index is 5.49. The normalized spacial score (nSPS) is 22.3. The van der Waals surface area contributed by atoms with Crippen LogP contribution in [0.25, 0.3) is 0 Å². The Hall–Kier alpha value is -0.383. The van der Waals surface area contributed by atoms with Crippen molar-refractivity contribution in [2.75, 3.05) is 14.2 Å². The average Bonchev–Trinajstić information content (AvgIpc) is 2.88. The quantitative estimate of drug-likeness (QED) is 0.683. The highest BCUT2D eigenvalue weighted by Gasteiger charge is 2.28. The number of rotatable bonds is 4. The van der Waals surface area contributed by atoms with Gasteiger partial charge in [0.15, 0.2) is 0 Å². The van der Waals surface area contributed by atoms with Crippen LogP contribution in [0.15, 0.2) is 22.9 Å². The van der Waals surface area contributed by atoms with E-state index in [9.17, 15) is 0 Å². The molecule has 1 saturated carbocycles. The maximum Gasteiger partial charge on any atom is 0.351 e. The molecule has 0 atom stereocenters. The predicted molar refractivity (Wildman–Crippen MR) is 63.9 cm³/mol. The number of allylic oxidation sites excluding steroid dienone is 4. The van der Waals surface area contributed by atoms with Crippen molar-refractivity contribution in [2.45, 2.75) is 32.1 Å². The van der Waals surface area contributed by atoms with Crippen LogP contribution in [0.1, 0.15) is 32.1 Å². The van der Waals surface area contributed by atoms with Crippen LogP contribution < -0.4 is 0 Å². The summed E-state index contributed by atoms with van der Waals surface area (Å²) in [5, 5.41) is 1.48. The molecule has 0 amide bonds. The van der Waals surface area contributed by atoms with Gasteiger partial charge in [-0.1, -0.05) is 25.0 Å². The Kier molecular flexibility index (Phi) is 3.78. The van der Waals surface area contributed by atoms with Crippen molar-refractivity contribution in [3.8, 4) is 0 Å². The molecule has 2 aliphatic carbocycles. The van der Waals surface area contributed by atoms with Gasteiger partial charge in [-0.05, 0) is 35.9 Å². The second-order valence-corrected chi connectivity index (χ2v) is 6.68. The lowest BCUT2D eigenvalue weighted by molar-refractivity contribution is 0.286. The Morgan fingerprint density at radius 3 is 2.47 bits per heavy atom. The highest BCUT2D eigenvalue weighted by Crippen LogP contribution is 2.37. The van der Waals surface area contributed by atoms with Gasteiger partial charge in [-0.3, -0.25) is 0 Å². The van der Waals surface area contributed by atoms with E-state index in [-0.39, 0.29) is 0 Å². The van der Waals surface area contributed by atoms with Gasteiger partial charge in [-0.15, -0.1) is 0 Å². The molecule has 0 aromatic carbocycles. The lowest BCUT2D eigenvalue weighted by Crippen LogP contribution is -2.23. The Morgan fingerprint density at radius 1 is 1.20 bits per heavy atom. The van der Waals surface area contributed by atoms with Crippen LogP contribution >= 0.6 is 0 Å². The molecule has 0 unspecified atom stereocenters. The zero-order valence-electron chi connectivity index (χ0n) is 9.66. The summed E-state index contributed by atoms with van der Waals surface area (Å²) in [7, 11) is 2.01. The summed E-state index contributed by atoms with van der Waals surface area (Å²) in [5.41, 5.74) is 1.55. The minimum absolute atomic E-state index is 0.791. The molecule has 0 aromatic rings. The molecule has 0 bridgehead atoms. The van der Waals surface area contributed by atoms with E-state index in [2.05, 4.69) is 12.2 Å². The summed E-state index contributed by atoms with van der Waals surface area (Å²) < 4.78 is 11.0. The number of hydrogen-bond donors (Lipinski definition) is 0. The topological polar surface area (TPSA) is 18.5 Å². The molecular formula is C12H20O2Si. The van der Waals surface area contributed by atoms with Crippen LogP contribution in [-0.4, -0.2) is 23.5 Å². The van der Waals surface area contributed by atoms with E-state index in [1.54, 1.807) is 19.8 Å². The molecule has 0 N–H and O–H groups in total. The van der Waals surface area contributed by atoms with Crippen molar-refractivity contribution in [1.29, 1.82) is 0 Å². The summed E-state index contributed by atoms with van der Waals surface area (Å²) in [4.78, 5) is 0. The highest BCUT2D eigenvalue weighted by atomic mass is 28.3. The van der Waals surface area contributed by atoms with Gasteiger partial charge in [0, 0.05) is 14.2 Å². The first-order valence-electron chi connectivity index (χ1n) is 5.82. The summed E-state index contributed by atoms with van der Waals surface area (Å²) in [6.45, 7) is 0. The molecule has 0 aromatic heterocycles. The smallest absolute Gasteiger partial charge is 0.351 e. The molecule has 0 spiro atoms. The van der Waals surface area contributed by atoms with E-state index in [0.717, 1.165) is 12.3 Å². The van der Waals surface area contributed by atoms with Gasteiger partial charge in [-0.2, -0.15) is 0 Å². The molecule has 15 heavy (non-hydrogen) atoms. The molecule has 84 valence electrons. The fourth-order valence-electron chi connectivity index (χ4n) is 2.79. The lowest BCUT2D eigenvalue weighted by Gasteiger charge is -2.18. The maximum atomic E-state index is 5.49. The first kappa shape index (κ1) is 11.1. The fourth-order valence-corrected chi connectivity index (χ4v) is 4.48. The van der Waals surface area contributed by atoms with E-state index in [1.165, 1.54) is 30.9 Å². The van der Waals surface area contributed by atoms with Gasteiger partial charge in [0.1, 0.15) is 0 Å². The minimum Gasteiger partial charge on any atom is -0.397 e. The monoisotopic (exact) mass is 224 g/mol. The Morgan fingerprint density at radius 2 is 1.87 bits per heavy atom. The van der Waals surface area contributed by atoms with Gasteiger partial charge in [0.05, 0.1) is 0 Å². The van der Waals surface area contributed by atoms with E-state index in [4.69, 9.17) is 8.85 Å². The third-order valence-corrected chi connectivity index (χ3v) is 5.51. The van der Waals surface area contributed by atoms with Gasteiger partial charge in [0.25, 0.3) is 0 Å². The molecular weight excluding hydrogens is 204 g/mol. The third kappa shape index (κ3) is 2.24. The summed E-state index contributed by atoms with van der Waals surface area (Å²) >= 11 is 0. The van der Waals surface area contributed by atoms with Crippen molar-refractivity contribution >= 4 is 9.28 Å². The van der Waals surface area contributed by atoms with Gasteiger partial charge in [-0.25, -0.2) is 0 Å². The van der Waals surface area contributed by atoms with Crippen LogP contribution in [0.5, 0.6) is 0 Å². The van der Waals surface area contributed by atoms with Crippen molar-refractivity contribution in [2.24, 2.45) is 5.92 Å². The molecule has 2 aliphatic rings. The van der Waals surface area contributed by atoms with Crippen molar-refractivity contribution in [3.63, 3.8) is 0 Å². The van der Waals surface area contributed by atoms with Gasteiger partial charge >= 0.3 is 9.28 Å². The molecule has 3 heteroatoms. The van der Waals surface area contributed by atoms with Crippen LogP contribution in [-0.2, 0) is 8.85 Å². The molecule has 2 rings (SSSR count). The van der Waals surface area contributed by atoms with Crippen molar-refractivity contribution in [1.82, 2.24) is 0 Å². The Balaban J connectivity index is 2.16. The van der Waals surface area contributed by atoms with Crippen LogP contribution in [0.2, 0.25) is 0 Å². The first-order valence-corrected chi connectivity index (χ1v) is 7.34. The molecule has 0 aliphatic heterocycles. The summed E-state index contributed by atoms with van der Waals surface area (Å²) in [6, 6.07) is 0. The van der Waals surface area contributed by atoms with E-state index >= 15 is 0 Å². The molecule has 1 fully saturated rings. The van der Waals surface area contributed by atoms with Crippen LogP contribution in [0.3, 0.4) is 0 Å². The standard InChI is InChI=1S/C12H20O2Si/c1-13-15(14-2)12-9-5-8-11(12)10-6-3-4-7-10/h5,8,10,15H,3-4,6-7,9H2,1-2H3. The van der Waals surface area contributed by atoms with E-state index in [1.807, 2.05) is 0 Å². The summed E-state index contributed by atoms with van der Waals surface area (Å²) in [6.07, 6.45) is 11.1. The van der Waals surface area contributed by atoms with E-state index < -0.39 is 9.28 Å².